The van der Waals surface area contributed by atoms with Crippen LogP contribution >= 0.6 is 11.6 Å². The lowest BCUT2D eigenvalue weighted by Crippen LogP contribution is -2.38. The second-order valence-electron chi connectivity index (χ2n) is 5.66. The van der Waals surface area contributed by atoms with E-state index in [2.05, 4.69) is 5.32 Å². The highest BCUT2D eigenvalue weighted by atomic mass is 35.5. The zero-order chi connectivity index (χ0) is 16.4. The average molecular weight is 324 g/mol. The van der Waals surface area contributed by atoms with Gasteiger partial charge in [0.25, 0.3) is 0 Å². The Morgan fingerprint density at radius 2 is 2.14 bits per heavy atom. The molecule has 2 rings (SSSR count). The Hall–Kier alpha value is -1.88. The summed E-state index contributed by atoms with van der Waals surface area (Å²) in [6, 6.07) is 3.57. The predicted octanol–water partition coefficient (Wildman–Crippen LogP) is 3.79. The number of nitrogens with zero attached hydrogens (tertiary/aromatic N) is 2. The first-order valence-electron chi connectivity index (χ1n) is 7.17. The van der Waals surface area contributed by atoms with E-state index in [-0.39, 0.29) is 12.1 Å². The van der Waals surface area contributed by atoms with Gasteiger partial charge in [-0.25, -0.2) is 4.79 Å². The van der Waals surface area contributed by atoms with Gasteiger partial charge in [-0.2, -0.15) is 0 Å². The van der Waals surface area contributed by atoms with E-state index in [9.17, 15) is 4.79 Å². The number of aryl methyl sites for hydroxylation is 3. The summed E-state index contributed by atoms with van der Waals surface area (Å²) in [7, 11) is 3.67. The van der Waals surface area contributed by atoms with Gasteiger partial charge in [0.05, 0.1) is 17.6 Å². The van der Waals surface area contributed by atoms with Gasteiger partial charge in [-0.15, -0.1) is 0 Å². The number of carbonyl (C=O) groups excluding carboxylic acids is 1. The van der Waals surface area contributed by atoms with Crippen molar-refractivity contribution < 1.29 is 9.21 Å². The van der Waals surface area contributed by atoms with E-state index in [1.807, 2.05) is 50.7 Å². The van der Waals surface area contributed by atoms with Gasteiger partial charge in [0, 0.05) is 31.5 Å². The maximum absolute atomic E-state index is 12.3. The number of furan rings is 1. The molecule has 120 valence electrons. The zero-order valence-corrected chi connectivity index (χ0v) is 14.4. The predicted molar refractivity (Wildman–Crippen MR) is 87.0 cm³/mol. The number of rotatable bonds is 4. The van der Waals surface area contributed by atoms with Crippen molar-refractivity contribution in [3.8, 4) is 0 Å². The van der Waals surface area contributed by atoms with Gasteiger partial charge in [-0.05, 0) is 32.9 Å². The largest absolute Gasteiger partial charge is 0.466 e. The quantitative estimate of drug-likeness (QED) is 0.930. The molecule has 2 amide bonds. The van der Waals surface area contributed by atoms with Crippen LogP contribution in [0.1, 0.15) is 35.7 Å². The molecule has 0 aliphatic rings. The molecule has 0 radical (unpaired) electrons. The molecule has 2 aromatic rings. The van der Waals surface area contributed by atoms with Gasteiger partial charge in [-0.1, -0.05) is 11.6 Å². The molecule has 0 saturated carbocycles. The molecule has 6 heteroatoms. The second-order valence-corrected chi connectivity index (χ2v) is 6.09. The van der Waals surface area contributed by atoms with Crippen LogP contribution in [0.5, 0.6) is 0 Å². The van der Waals surface area contributed by atoms with Crippen LogP contribution in [0.4, 0.5) is 4.79 Å². The Morgan fingerprint density at radius 3 is 2.64 bits per heavy atom. The van der Waals surface area contributed by atoms with Gasteiger partial charge >= 0.3 is 6.03 Å². The van der Waals surface area contributed by atoms with Crippen molar-refractivity contribution >= 4 is 17.6 Å². The molecule has 0 aliphatic heterocycles. The number of aromatic nitrogens is 1. The molecule has 2 heterocycles. The monoisotopic (exact) mass is 323 g/mol. The fraction of sp³-hybridized carbons (Fsp3) is 0.438. The minimum atomic E-state index is -0.136. The van der Waals surface area contributed by atoms with Crippen LogP contribution in [0, 0.1) is 13.8 Å². The summed E-state index contributed by atoms with van der Waals surface area (Å²) >= 11 is 5.96. The highest BCUT2D eigenvalue weighted by molar-refractivity contribution is 6.30. The molecule has 5 nitrogen and oxygen atoms in total. The summed E-state index contributed by atoms with van der Waals surface area (Å²) in [6.07, 6.45) is 1.82. The molecule has 0 fully saturated rings. The van der Waals surface area contributed by atoms with Crippen molar-refractivity contribution in [2.45, 2.75) is 33.4 Å². The van der Waals surface area contributed by atoms with E-state index in [1.54, 1.807) is 11.9 Å². The topological polar surface area (TPSA) is 50.4 Å². The number of hydrogen-bond donors (Lipinski definition) is 1. The fourth-order valence-corrected chi connectivity index (χ4v) is 2.76. The molecular weight excluding hydrogens is 302 g/mol. The third-order valence-corrected chi connectivity index (χ3v) is 3.91. The van der Waals surface area contributed by atoms with Crippen LogP contribution in [-0.2, 0) is 13.6 Å². The highest BCUT2D eigenvalue weighted by Gasteiger charge is 2.18. The van der Waals surface area contributed by atoms with Crippen LogP contribution < -0.4 is 5.32 Å². The summed E-state index contributed by atoms with van der Waals surface area (Å²) in [5.74, 6) is 1.68. The molecule has 1 N–H and O–H groups in total. The molecule has 0 aromatic carbocycles. The van der Waals surface area contributed by atoms with Crippen LogP contribution in [0.3, 0.4) is 0 Å². The molecular formula is C16H22ClN3O2. The minimum Gasteiger partial charge on any atom is -0.466 e. The maximum atomic E-state index is 12.3. The minimum absolute atomic E-state index is 0.107. The molecule has 0 bridgehead atoms. The highest BCUT2D eigenvalue weighted by Crippen LogP contribution is 2.21. The van der Waals surface area contributed by atoms with Gasteiger partial charge in [-0.3, -0.25) is 0 Å². The molecule has 1 atom stereocenters. The third kappa shape index (κ3) is 3.65. The number of halogens is 1. The summed E-state index contributed by atoms with van der Waals surface area (Å²) in [4.78, 5) is 13.9. The first-order valence-corrected chi connectivity index (χ1v) is 7.55. The Bertz CT molecular complexity index is 675. The Morgan fingerprint density at radius 1 is 1.45 bits per heavy atom. The second kappa shape index (κ2) is 6.48. The van der Waals surface area contributed by atoms with Crippen molar-refractivity contribution in [1.29, 1.82) is 0 Å². The van der Waals surface area contributed by atoms with Gasteiger partial charge in [0.1, 0.15) is 11.5 Å². The normalized spacial score (nSPS) is 12.3. The van der Waals surface area contributed by atoms with Crippen molar-refractivity contribution in [3.63, 3.8) is 0 Å². The smallest absolute Gasteiger partial charge is 0.317 e. The summed E-state index contributed by atoms with van der Waals surface area (Å²) in [5.41, 5.74) is 1.98. The number of nitrogens with one attached hydrogen (secondary N) is 1. The van der Waals surface area contributed by atoms with Crippen LogP contribution in [-0.4, -0.2) is 22.5 Å². The van der Waals surface area contributed by atoms with E-state index in [0.717, 1.165) is 22.8 Å². The molecule has 2 aromatic heterocycles. The van der Waals surface area contributed by atoms with Gasteiger partial charge < -0.3 is 19.2 Å². The molecule has 0 unspecified atom stereocenters. The number of urea groups is 1. The Kier molecular flexibility index (Phi) is 4.86. The zero-order valence-electron chi connectivity index (χ0n) is 13.6. The third-order valence-electron chi connectivity index (χ3n) is 3.71. The lowest BCUT2D eigenvalue weighted by Gasteiger charge is -2.21. The first-order chi connectivity index (χ1) is 10.3. The number of hydrogen-bond acceptors (Lipinski definition) is 2. The molecule has 22 heavy (non-hydrogen) atoms. The van der Waals surface area contributed by atoms with Crippen LogP contribution in [0.2, 0.25) is 5.02 Å². The molecule has 0 spiro atoms. The van der Waals surface area contributed by atoms with E-state index in [4.69, 9.17) is 16.0 Å². The molecule has 0 aliphatic carbocycles. The average Bonchev–Trinajstić information content (AvgIpc) is 2.91. The lowest BCUT2D eigenvalue weighted by molar-refractivity contribution is 0.202. The van der Waals surface area contributed by atoms with Crippen molar-refractivity contribution in [3.05, 3.63) is 46.1 Å². The van der Waals surface area contributed by atoms with Gasteiger partial charge in [0.2, 0.25) is 0 Å². The van der Waals surface area contributed by atoms with Crippen molar-refractivity contribution in [2.75, 3.05) is 7.05 Å². The Balaban J connectivity index is 1.99. The fourth-order valence-electron chi connectivity index (χ4n) is 2.49. The van der Waals surface area contributed by atoms with Crippen LogP contribution in [0.15, 0.2) is 22.7 Å². The van der Waals surface area contributed by atoms with Gasteiger partial charge in [0.15, 0.2) is 0 Å². The SMILES string of the molecule is Cc1cc([C@@H](C)NC(=O)N(C)Cc2cc(Cl)cn2C)c(C)o1. The van der Waals surface area contributed by atoms with Crippen molar-refractivity contribution in [2.24, 2.45) is 7.05 Å². The van der Waals surface area contributed by atoms with E-state index >= 15 is 0 Å². The number of amides is 2. The van der Waals surface area contributed by atoms with Crippen molar-refractivity contribution in [1.82, 2.24) is 14.8 Å². The number of carbonyl (C=O) groups is 1. The lowest BCUT2D eigenvalue weighted by atomic mass is 10.1. The summed E-state index contributed by atoms with van der Waals surface area (Å²) in [5, 5.41) is 3.65. The molecule has 0 saturated heterocycles. The first kappa shape index (κ1) is 16.5. The Labute approximate surface area is 135 Å². The van der Waals surface area contributed by atoms with Crippen LogP contribution in [0.25, 0.3) is 0 Å². The maximum Gasteiger partial charge on any atom is 0.317 e. The van der Waals surface area contributed by atoms with E-state index in [1.165, 1.54) is 0 Å². The summed E-state index contributed by atoms with van der Waals surface area (Å²) in [6.45, 7) is 6.24. The van der Waals surface area contributed by atoms with E-state index < -0.39 is 0 Å². The standard InChI is InChI=1S/C16H22ClN3O2/c1-10-6-15(12(3)22-10)11(2)18-16(21)20(5)9-14-7-13(17)8-19(14)4/h6-8,11H,9H2,1-5H3,(H,18,21)/t11-/m1/s1. The van der Waals surface area contributed by atoms with E-state index in [0.29, 0.717) is 11.6 Å². The summed E-state index contributed by atoms with van der Waals surface area (Å²) < 4.78 is 7.42.